The number of rotatable bonds is 4. The van der Waals surface area contributed by atoms with Crippen LogP contribution in [0.25, 0.3) is 11.0 Å². The van der Waals surface area contributed by atoms with Crippen molar-refractivity contribution in [1.82, 2.24) is 14.6 Å². The Balaban J connectivity index is 1.78. The predicted molar refractivity (Wildman–Crippen MR) is 109 cm³/mol. The van der Waals surface area contributed by atoms with Gasteiger partial charge in [-0.25, -0.2) is 0 Å². The summed E-state index contributed by atoms with van der Waals surface area (Å²) in [6, 6.07) is 14.5. The van der Waals surface area contributed by atoms with Crippen molar-refractivity contribution in [2.24, 2.45) is 0 Å². The van der Waals surface area contributed by atoms with E-state index in [1.165, 1.54) is 4.52 Å². The fourth-order valence-corrected chi connectivity index (χ4v) is 3.76. The first kappa shape index (κ1) is 18.3. The van der Waals surface area contributed by atoms with E-state index < -0.39 is 5.56 Å². The van der Waals surface area contributed by atoms with Crippen molar-refractivity contribution in [2.45, 2.75) is 6.42 Å². The molecule has 2 aromatic carbocycles. The number of thiazole rings is 1. The highest BCUT2D eigenvalue weighted by molar-refractivity contribution is 7.15. The molecule has 2 aromatic heterocycles. The standard InChI is InChI=1S/C20H14ClN3O3S/c1-27-15-4-2-3-13(9-15)11-17-19(26)24-20(28-17)22-18(25)16(23-24)10-12-5-7-14(21)8-6-12/h2-9,11H,10H2,1H3/b17-11+. The fraction of sp³-hybridized carbons (Fsp3) is 0.100. The van der Waals surface area contributed by atoms with Gasteiger partial charge in [0.2, 0.25) is 4.96 Å². The van der Waals surface area contributed by atoms with Crippen LogP contribution in [-0.4, -0.2) is 21.7 Å². The van der Waals surface area contributed by atoms with Gasteiger partial charge in [0, 0.05) is 11.4 Å². The lowest BCUT2D eigenvalue weighted by Gasteiger charge is -2.00. The van der Waals surface area contributed by atoms with Crippen LogP contribution in [0.1, 0.15) is 16.8 Å². The number of methoxy groups -OCH3 is 1. The van der Waals surface area contributed by atoms with Gasteiger partial charge in [-0.05, 0) is 41.5 Å². The van der Waals surface area contributed by atoms with Gasteiger partial charge in [-0.1, -0.05) is 47.2 Å². The van der Waals surface area contributed by atoms with Crippen LogP contribution >= 0.6 is 22.9 Å². The third-order valence-electron chi connectivity index (χ3n) is 4.13. The normalized spacial score (nSPS) is 11.9. The molecule has 0 bridgehead atoms. The van der Waals surface area contributed by atoms with E-state index in [0.29, 0.717) is 15.3 Å². The molecule has 0 amide bonds. The summed E-state index contributed by atoms with van der Waals surface area (Å²) in [5, 5.41) is 4.86. The zero-order valence-electron chi connectivity index (χ0n) is 14.8. The molecule has 0 spiro atoms. The minimum atomic E-state index is -0.441. The summed E-state index contributed by atoms with van der Waals surface area (Å²) < 4.78 is 6.83. The van der Waals surface area contributed by atoms with Crippen LogP contribution in [0, 0.1) is 0 Å². The number of ether oxygens (including phenoxy) is 1. The smallest absolute Gasteiger partial charge is 0.296 e. The van der Waals surface area contributed by atoms with Crippen molar-refractivity contribution in [3.8, 4) is 5.75 Å². The average Bonchev–Trinajstić information content (AvgIpc) is 2.98. The van der Waals surface area contributed by atoms with Gasteiger partial charge in [0.05, 0.1) is 11.6 Å². The summed E-state index contributed by atoms with van der Waals surface area (Å²) in [4.78, 5) is 29.4. The molecular weight excluding hydrogens is 398 g/mol. The van der Waals surface area contributed by atoms with Gasteiger partial charge >= 0.3 is 0 Å². The number of aromatic nitrogens is 3. The highest BCUT2D eigenvalue weighted by Crippen LogP contribution is 2.13. The van der Waals surface area contributed by atoms with Crippen LogP contribution in [0.4, 0.5) is 0 Å². The molecule has 0 atom stereocenters. The number of halogens is 1. The van der Waals surface area contributed by atoms with Crippen molar-refractivity contribution in [2.75, 3.05) is 7.11 Å². The summed E-state index contributed by atoms with van der Waals surface area (Å²) in [7, 11) is 1.58. The third-order valence-corrected chi connectivity index (χ3v) is 5.34. The average molecular weight is 412 g/mol. The fourth-order valence-electron chi connectivity index (χ4n) is 2.73. The van der Waals surface area contributed by atoms with E-state index in [4.69, 9.17) is 16.3 Å². The molecule has 4 aromatic rings. The van der Waals surface area contributed by atoms with Crippen molar-refractivity contribution >= 4 is 34.0 Å². The Kier molecular flexibility index (Phi) is 4.93. The van der Waals surface area contributed by atoms with Crippen LogP contribution in [0.15, 0.2) is 58.1 Å². The van der Waals surface area contributed by atoms with Gasteiger partial charge < -0.3 is 4.74 Å². The molecule has 0 radical (unpaired) electrons. The molecular formula is C20H14ClN3O3S. The van der Waals surface area contributed by atoms with Gasteiger partial charge in [0.25, 0.3) is 11.1 Å². The summed E-state index contributed by atoms with van der Waals surface area (Å²) >= 11 is 7.01. The molecule has 0 aliphatic rings. The zero-order chi connectivity index (χ0) is 19.7. The van der Waals surface area contributed by atoms with Crippen molar-refractivity contribution < 1.29 is 4.74 Å². The molecule has 0 aliphatic heterocycles. The molecule has 0 N–H and O–H groups in total. The Morgan fingerprint density at radius 3 is 2.71 bits per heavy atom. The van der Waals surface area contributed by atoms with Gasteiger partial charge in [-0.2, -0.15) is 14.6 Å². The van der Waals surface area contributed by atoms with E-state index in [0.717, 1.165) is 22.5 Å². The summed E-state index contributed by atoms with van der Waals surface area (Å²) in [6.45, 7) is 0. The van der Waals surface area contributed by atoms with Gasteiger partial charge in [0.15, 0.2) is 0 Å². The molecule has 0 fully saturated rings. The summed E-state index contributed by atoms with van der Waals surface area (Å²) in [6.07, 6.45) is 2.01. The first-order chi connectivity index (χ1) is 13.5. The minimum Gasteiger partial charge on any atom is -0.497 e. The van der Waals surface area contributed by atoms with Gasteiger partial charge in [0.1, 0.15) is 11.4 Å². The van der Waals surface area contributed by atoms with Gasteiger partial charge in [-0.3, -0.25) is 9.59 Å². The summed E-state index contributed by atoms with van der Waals surface area (Å²) in [5.41, 5.74) is 1.13. The second kappa shape index (κ2) is 7.53. The Bertz CT molecular complexity index is 1330. The number of hydrogen-bond acceptors (Lipinski definition) is 6. The highest BCUT2D eigenvalue weighted by atomic mass is 35.5. The molecule has 6 nitrogen and oxygen atoms in total. The Morgan fingerprint density at radius 2 is 1.96 bits per heavy atom. The Morgan fingerprint density at radius 1 is 1.18 bits per heavy atom. The molecule has 0 saturated heterocycles. The quantitative estimate of drug-likeness (QED) is 0.515. The Labute approximate surface area is 168 Å². The maximum Gasteiger partial charge on any atom is 0.296 e. The Hall–Kier alpha value is -3.03. The SMILES string of the molecule is COc1cccc(/C=c2/sc3nc(=O)c(Cc4ccc(Cl)cc4)nn3c2=O)c1. The largest absolute Gasteiger partial charge is 0.497 e. The van der Waals surface area contributed by atoms with Crippen LogP contribution in [0.2, 0.25) is 5.02 Å². The minimum absolute atomic E-state index is 0.211. The number of fused-ring (bicyclic) bond motifs is 1. The summed E-state index contributed by atoms with van der Waals surface area (Å²) in [5.74, 6) is 0.693. The molecule has 28 heavy (non-hydrogen) atoms. The van der Waals surface area contributed by atoms with E-state index >= 15 is 0 Å². The van der Waals surface area contributed by atoms with E-state index in [1.54, 1.807) is 25.3 Å². The lowest BCUT2D eigenvalue weighted by atomic mass is 10.1. The van der Waals surface area contributed by atoms with Crippen LogP contribution in [0.5, 0.6) is 5.75 Å². The number of benzene rings is 2. The second-order valence-corrected chi connectivity index (χ2v) is 7.50. The number of hydrogen-bond donors (Lipinski definition) is 0. The van der Waals surface area contributed by atoms with E-state index in [1.807, 2.05) is 36.4 Å². The molecule has 4 rings (SSSR count). The van der Waals surface area contributed by atoms with E-state index in [2.05, 4.69) is 10.1 Å². The number of nitrogens with zero attached hydrogens (tertiary/aromatic N) is 3. The zero-order valence-corrected chi connectivity index (χ0v) is 16.3. The monoisotopic (exact) mass is 411 g/mol. The highest BCUT2D eigenvalue weighted by Gasteiger charge is 2.12. The topological polar surface area (TPSA) is 73.6 Å². The van der Waals surface area contributed by atoms with Crippen LogP contribution < -0.4 is 20.4 Å². The maximum atomic E-state index is 12.7. The van der Waals surface area contributed by atoms with Crippen molar-refractivity contribution in [3.05, 3.63) is 95.6 Å². The van der Waals surface area contributed by atoms with E-state index in [9.17, 15) is 9.59 Å². The maximum absolute atomic E-state index is 12.7. The first-order valence-electron chi connectivity index (χ1n) is 8.36. The molecule has 140 valence electrons. The lowest BCUT2D eigenvalue weighted by molar-refractivity contribution is 0.414. The predicted octanol–water partition coefficient (Wildman–Crippen LogP) is 2.31. The first-order valence-corrected chi connectivity index (χ1v) is 9.56. The van der Waals surface area contributed by atoms with Crippen molar-refractivity contribution in [1.29, 1.82) is 0 Å². The van der Waals surface area contributed by atoms with E-state index in [-0.39, 0.29) is 22.6 Å². The van der Waals surface area contributed by atoms with Crippen LogP contribution in [0.3, 0.4) is 0 Å². The molecule has 2 heterocycles. The second-order valence-electron chi connectivity index (χ2n) is 6.05. The third kappa shape index (κ3) is 3.67. The molecule has 8 heteroatoms. The molecule has 0 saturated carbocycles. The molecule has 0 unspecified atom stereocenters. The molecule has 0 aliphatic carbocycles. The van der Waals surface area contributed by atoms with Crippen LogP contribution in [-0.2, 0) is 6.42 Å². The lowest BCUT2D eigenvalue weighted by Crippen LogP contribution is -2.28. The van der Waals surface area contributed by atoms with Gasteiger partial charge in [-0.15, -0.1) is 0 Å². The van der Waals surface area contributed by atoms with Crippen molar-refractivity contribution in [3.63, 3.8) is 0 Å².